The summed E-state index contributed by atoms with van der Waals surface area (Å²) in [6, 6.07) is 9.50. The number of ether oxygens (including phenoxy) is 3. The number of rotatable bonds is 9. The van der Waals surface area contributed by atoms with E-state index in [4.69, 9.17) is 14.2 Å². The summed E-state index contributed by atoms with van der Waals surface area (Å²) in [5.74, 6) is -0.000944. The Morgan fingerprint density at radius 2 is 2.08 bits per heavy atom. The summed E-state index contributed by atoms with van der Waals surface area (Å²) in [6.07, 6.45) is 2.90. The zero-order chi connectivity index (χ0) is 28.0. The first-order valence-electron chi connectivity index (χ1n) is 11.8. The van der Waals surface area contributed by atoms with Crippen LogP contribution in [0.5, 0.6) is 11.5 Å². The first-order chi connectivity index (χ1) is 18.7. The molecule has 208 valence electrons. The quantitative estimate of drug-likeness (QED) is 0.312. The minimum Gasteiger partial charge on any atom is -0.467 e. The highest BCUT2D eigenvalue weighted by Gasteiger charge is 2.22. The van der Waals surface area contributed by atoms with E-state index >= 15 is 4.39 Å². The number of carbonyl (C=O) groups is 1. The standard InChI is InChI=1S/C25H29FN6O6S/c1-27-39(34,35)31-22-6-4-5-16(24(22)26)9-17-14-36-15-37-23-10-19(38-25(33)32(2)3)7-8-20(23)21(17)13-28-18-11-29-30-12-18/h4-8,10-12,27-28,31H,9,13-15H2,1-3H3,(H,29,30)/b21-17-. The molecule has 4 rings (SSSR count). The van der Waals surface area contributed by atoms with E-state index in [1.807, 2.05) is 0 Å². The molecule has 4 N–H and O–H groups in total. The Hall–Kier alpha value is -4.14. The molecule has 0 aliphatic carbocycles. The molecular weight excluding hydrogens is 531 g/mol. The third-order valence-corrected chi connectivity index (χ3v) is 6.84. The molecule has 0 fully saturated rings. The molecule has 14 heteroatoms. The van der Waals surface area contributed by atoms with E-state index in [0.29, 0.717) is 17.9 Å². The molecule has 2 aromatic carbocycles. The summed E-state index contributed by atoms with van der Waals surface area (Å²) in [5, 5.41) is 9.96. The molecular formula is C25H29FN6O6S. The van der Waals surface area contributed by atoms with Crippen LogP contribution >= 0.6 is 0 Å². The summed E-state index contributed by atoms with van der Waals surface area (Å²) in [4.78, 5) is 13.4. The molecule has 0 bridgehead atoms. The van der Waals surface area contributed by atoms with Gasteiger partial charge in [-0.05, 0) is 41.3 Å². The molecule has 1 aliphatic heterocycles. The van der Waals surface area contributed by atoms with E-state index in [9.17, 15) is 13.2 Å². The second-order valence-electron chi connectivity index (χ2n) is 8.72. The van der Waals surface area contributed by atoms with Crippen molar-refractivity contribution >= 4 is 33.3 Å². The first-order valence-corrected chi connectivity index (χ1v) is 13.3. The van der Waals surface area contributed by atoms with E-state index in [-0.39, 0.29) is 36.8 Å². The van der Waals surface area contributed by atoms with Crippen molar-refractivity contribution in [1.29, 1.82) is 0 Å². The maximum atomic E-state index is 15.4. The fraction of sp³-hybridized carbons (Fsp3) is 0.280. The van der Waals surface area contributed by atoms with Crippen LogP contribution in [0.3, 0.4) is 0 Å². The first kappa shape index (κ1) is 27.9. The topological polar surface area (TPSA) is 147 Å². The van der Waals surface area contributed by atoms with E-state index in [2.05, 4.69) is 25.0 Å². The lowest BCUT2D eigenvalue weighted by atomic mass is 9.93. The lowest BCUT2D eigenvalue weighted by Gasteiger charge is -2.24. The van der Waals surface area contributed by atoms with Crippen molar-refractivity contribution in [2.45, 2.75) is 6.42 Å². The molecule has 0 unspecified atom stereocenters. The Bertz CT molecular complexity index is 1460. The van der Waals surface area contributed by atoms with E-state index < -0.39 is 22.1 Å². The van der Waals surface area contributed by atoms with Gasteiger partial charge in [0.05, 0.1) is 24.2 Å². The predicted molar refractivity (Wildman–Crippen MR) is 143 cm³/mol. The number of carbonyl (C=O) groups excluding carboxylic acids is 1. The number of aromatic amines is 1. The Morgan fingerprint density at radius 1 is 1.26 bits per heavy atom. The van der Waals surface area contributed by atoms with Gasteiger partial charge in [0, 0.05) is 45.5 Å². The highest BCUT2D eigenvalue weighted by atomic mass is 32.2. The third-order valence-electron chi connectivity index (χ3n) is 5.81. The molecule has 0 radical (unpaired) electrons. The predicted octanol–water partition coefficient (Wildman–Crippen LogP) is 2.96. The summed E-state index contributed by atoms with van der Waals surface area (Å²) in [5.41, 5.74) is 3.02. The van der Waals surface area contributed by atoms with Crippen LogP contribution in [0, 0.1) is 5.82 Å². The highest BCUT2D eigenvalue weighted by Crippen LogP contribution is 2.35. The lowest BCUT2D eigenvalue weighted by molar-refractivity contribution is 0.0252. The number of nitrogens with one attached hydrogen (secondary N) is 4. The number of fused-ring (bicyclic) bond motifs is 1. The van der Waals surface area contributed by atoms with Gasteiger partial charge in [-0.25, -0.2) is 13.9 Å². The van der Waals surface area contributed by atoms with Gasteiger partial charge in [-0.15, -0.1) is 0 Å². The molecule has 1 aliphatic rings. The summed E-state index contributed by atoms with van der Waals surface area (Å²) >= 11 is 0. The molecule has 2 heterocycles. The van der Waals surface area contributed by atoms with Crippen LogP contribution in [0.1, 0.15) is 11.1 Å². The van der Waals surface area contributed by atoms with Crippen molar-refractivity contribution in [3.63, 3.8) is 0 Å². The van der Waals surface area contributed by atoms with Crippen LogP contribution in [0.4, 0.5) is 20.6 Å². The van der Waals surface area contributed by atoms with Gasteiger partial charge in [-0.3, -0.25) is 9.82 Å². The molecule has 3 aromatic rings. The van der Waals surface area contributed by atoms with E-state index in [0.717, 1.165) is 16.8 Å². The van der Waals surface area contributed by atoms with Gasteiger partial charge in [0.2, 0.25) is 0 Å². The van der Waals surface area contributed by atoms with Crippen molar-refractivity contribution in [1.82, 2.24) is 19.8 Å². The maximum Gasteiger partial charge on any atom is 0.414 e. The number of anilines is 2. The molecule has 0 saturated carbocycles. The van der Waals surface area contributed by atoms with Crippen LogP contribution in [0.15, 0.2) is 54.4 Å². The van der Waals surface area contributed by atoms with E-state index in [1.54, 1.807) is 56.8 Å². The normalized spacial score (nSPS) is 15.4. The van der Waals surface area contributed by atoms with Crippen molar-refractivity contribution < 1.29 is 31.8 Å². The maximum absolute atomic E-state index is 15.4. The Balaban J connectivity index is 1.74. The Kier molecular flexibility index (Phi) is 8.69. The number of nitrogens with zero attached hydrogens (tertiary/aromatic N) is 2. The fourth-order valence-corrected chi connectivity index (χ4v) is 4.36. The number of benzene rings is 2. The molecule has 12 nitrogen and oxygen atoms in total. The SMILES string of the molecule is CNS(=O)(=O)Nc1cccc(C/C2=C(\CNc3cn[nH]c3)c3ccc(OC(=O)N(C)C)cc3OCOC2)c1F. The average Bonchev–Trinajstić information content (AvgIpc) is 3.42. The number of H-pyrrole nitrogens is 1. The fourth-order valence-electron chi connectivity index (χ4n) is 3.81. The second-order valence-corrected chi connectivity index (χ2v) is 10.3. The third kappa shape index (κ3) is 7.04. The number of halogens is 1. The monoisotopic (exact) mass is 560 g/mol. The highest BCUT2D eigenvalue weighted by molar-refractivity contribution is 7.90. The number of aromatic nitrogens is 2. The number of amides is 1. The van der Waals surface area contributed by atoms with Crippen molar-refractivity contribution in [2.75, 3.05) is 51.1 Å². The van der Waals surface area contributed by atoms with Crippen molar-refractivity contribution in [3.8, 4) is 11.5 Å². The van der Waals surface area contributed by atoms with E-state index in [1.165, 1.54) is 18.0 Å². The zero-order valence-corrected chi connectivity index (χ0v) is 22.4. The minimum absolute atomic E-state index is 0.0888. The molecule has 1 amide bonds. The van der Waals surface area contributed by atoms with Crippen LogP contribution in [-0.4, -0.2) is 70.7 Å². The number of hydrogen-bond donors (Lipinski definition) is 4. The summed E-state index contributed by atoms with van der Waals surface area (Å²) in [7, 11) is 0.472. The van der Waals surface area contributed by atoms with Crippen LogP contribution in [0.25, 0.3) is 5.57 Å². The molecule has 0 spiro atoms. The van der Waals surface area contributed by atoms with Crippen LogP contribution in [-0.2, 0) is 21.4 Å². The summed E-state index contributed by atoms with van der Waals surface area (Å²) < 4.78 is 60.5. The smallest absolute Gasteiger partial charge is 0.414 e. The molecule has 0 saturated heterocycles. The average molecular weight is 561 g/mol. The molecule has 1 aromatic heterocycles. The van der Waals surface area contributed by atoms with Crippen LogP contribution in [0.2, 0.25) is 0 Å². The largest absolute Gasteiger partial charge is 0.467 e. The van der Waals surface area contributed by atoms with Crippen molar-refractivity contribution in [2.24, 2.45) is 0 Å². The zero-order valence-electron chi connectivity index (χ0n) is 21.6. The second kappa shape index (κ2) is 12.1. The lowest BCUT2D eigenvalue weighted by Crippen LogP contribution is -2.27. The van der Waals surface area contributed by atoms with Gasteiger partial charge in [0.15, 0.2) is 12.6 Å². The van der Waals surface area contributed by atoms with Crippen molar-refractivity contribution in [3.05, 3.63) is 71.3 Å². The van der Waals surface area contributed by atoms with Gasteiger partial charge in [0.25, 0.3) is 10.2 Å². The number of hydrogen-bond acceptors (Lipinski definition) is 8. The Labute approximate surface area is 225 Å². The van der Waals surface area contributed by atoms with Gasteiger partial charge in [-0.1, -0.05) is 12.1 Å². The summed E-state index contributed by atoms with van der Waals surface area (Å²) in [6.45, 7) is 0.346. The van der Waals surface area contributed by atoms with Gasteiger partial charge in [-0.2, -0.15) is 13.5 Å². The minimum atomic E-state index is -3.91. The van der Waals surface area contributed by atoms with Gasteiger partial charge in [0.1, 0.15) is 11.5 Å². The van der Waals surface area contributed by atoms with Crippen LogP contribution < -0.4 is 24.2 Å². The molecule has 39 heavy (non-hydrogen) atoms. The molecule has 0 atom stereocenters. The Morgan fingerprint density at radius 3 is 2.79 bits per heavy atom. The van der Waals surface area contributed by atoms with Gasteiger partial charge < -0.3 is 24.4 Å². The van der Waals surface area contributed by atoms with Gasteiger partial charge >= 0.3 is 6.09 Å².